The van der Waals surface area contributed by atoms with Gasteiger partial charge in [0, 0.05) is 18.4 Å². The van der Waals surface area contributed by atoms with Crippen LogP contribution in [0.2, 0.25) is 5.02 Å². The average Bonchev–Trinajstić information content (AvgIpc) is 3.17. The van der Waals surface area contributed by atoms with Gasteiger partial charge in [-0.15, -0.1) is 0 Å². The molecular weight excluding hydrogens is 391 g/mol. The summed E-state index contributed by atoms with van der Waals surface area (Å²) in [6.45, 7) is 1.46. The Morgan fingerprint density at radius 3 is 2.52 bits per heavy atom. The van der Waals surface area contributed by atoms with Crippen LogP contribution in [0.25, 0.3) is 0 Å². The number of halogens is 2. The molecule has 0 fully saturated rings. The Morgan fingerprint density at radius 2 is 1.83 bits per heavy atom. The van der Waals surface area contributed by atoms with Crippen LogP contribution in [0.5, 0.6) is 11.5 Å². The summed E-state index contributed by atoms with van der Waals surface area (Å²) in [5, 5.41) is 6.57. The molecule has 3 aromatic carbocycles. The summed E-state index contributed by atoms with van der Waals surface area (Å²) in [6.07, 6.45) is 0.512. The molecule has 1 aliphatic rings. The summed E-state index contributed by atoms with van der Waals surface area (Å²) in [4.78, 5) is 12.2. The highest BCUT2D eigenvalue weighted by molar-refractivity contribution is 6.30. The highest BCUT2D eigenvalue weighted by atomic mass is 35.5. The van der Waals surface area contributed by atoms with Crippen LogP contribution in [0.3, 0.4) is 0 Å². The van der Waals surface area contributed by atoms with Crippen LogP contribution in [-0.2, 0) is 4.79 Å². The highest BCUT2D eigenvalue weighted by Crippen LogP contribution is 2.36. The minimum Gasteiger partial charge on any atom is -0.454 e. The number of para-hydroxylation sites is 1. The lowest BCUT2D eigenvalue weighted by Gasteiger charge is -2.21. The van der Waals surface area contributed by atoms with E-state index in [-0.39, 0.29) is 17.7 Å². The van der Waals surface area contributed by atoms with Gasteiger partial charge >= 0.3 is 0 Å². The standard InChI is InChI=1S/C23H18ClFN2O2/c1-15(28)27-22(14-21(26-27)16-7-10-18(24)11-8-16)17-9-12-20(25)23(13-17)29-19-5-3-2-4-6-19/h2-13,22H,14H2,1H3/t22-/m0/s1. The molecule has 0 radical (unpaired) electrons. The van der Waals surface area contributed by atoms with Crippen molar-refractivity contribution in [1.82, 2.24) is 5.01 Å². The Morgan fingerprint density at radius 1 is 1.10 bits per heavy atom. The zero-order valence-corrected chi connectivity index (χ0v) is 16.4. The van der Waals surface area contributed by atoms with Gasteiger partial charge in [-0.3, -0.25) is 4.79 Å². The molecule has 0 N–H and O–H groups in total. The molecule has 6 heteroatoms. The third-order valence-corrected chi connectivity index (χ3v) is 4.97. The molecule has 0 saturated carbocycles. The Kier molecular flexibility index (Phi) is 5.32. The zero-order chi connectivity index (χ0) is 20.4. The van der Waals surface area contributed by atoms with Crippen LogP contribution in [0.15, 0.2) is 77.9 Å². The number of benzene rings is 3. The van der Waals surface area contributed by atoms with Crippen LogP contribution in [0.4, 0.5) is 4.39 Å². The van der Waals surface area contributed by atoms with Crippen LogP contribution in [-0.4, -0.2) is 16.6 Å². The third kappa shape index (κ3) is 4.15. The number of rotatable bonds is 4. The molecule has 0 aromatic heterocycles. The third-order valence-electron chi connectivity index (χ3n) is 4.72. The molecule has 0 saturated heterocycles. The van der Waals surface area contributed by atoms with E-state index in [2.05, 4.69) is 5.10 Å². The molecule has 0 unspecified atom stereocenters. The molecule has 4 rings (SSSR count). The van der Waals surface area contributed by atoms with Crippen molar-refractivity contribution in [2.45, 2.75) is 19.4 Å². The van der Waals surface area contributed by atoms with Crippen LogP contribution < -0.4 is 4.74 Å². The summed E-state index contributed by atoms with van der Waals surface area (Å²) in [5.41, 5.74) is 2.42. The molecule has 1 amide bonds. The molecule has 146 valence electrons. The van der Waals surface area contributed by atoms with Gasteiger partial charge in [-0.05, 0) is 47.5 Å². The maximum atomic E-state index is 14.3. The first-order valence-electron chi connectivity index (χ1n) is 9.17. The van der Waals surface area contributed by atoms with Crippen molar-refractivity contribution < 1.29 is 13.9 Å². The largest absolute Gasteiger partial charge is 0.454 e. The molecule has 4 nitrogen and oxygen atoms in total. The molecule has 29 heavy (non-hydrogen) atoms. The Balaban J connectivity index is 1.64. The number of hydrogen-bond acceptors (Lipinski definition) is 3. The number of ether oxygens (including phenoxy) is 1. The number of carbonyl (C=O) groups is 1. The number of hydrazone groups is 1. The predicted octanol–water partition coefficient (Wildman–Crippen LogP) is 5.97. The van der Waals surface area contributed by atoms with E-state index in [9.17, 15) is 9.18 Å². The summed E-state index contributed by atoms with van der Waals surface area (Å²) in [7, 11) is 0. The second-order valence-electron chi connectivity index (χ2n) is 6.74. The fourth-order valence-electron chi connectivity index (χ4n) is 3.30. The topological polar surface area (TPSA) is 41.9 Å². The SMILES string of the molecule is CC(=O)N1N=C(c2ccc(Cl)cc2)C[C@H]1c1ccc(F)c(Oc2ccccc2)c1. The lowest BCUT2D eigenvalue weighted by molar-refractivity contribution is -0.130. The monoisotopic (exact) mass is 408 g/mol. The first-order valence-corrected chi connectivity index (χ1v) is 9.54. The minimum atomic E-state index is -0.469. The van der Waals surface area contributed by atoms with Crippen LogP contribution in [0.1, 0.15) is 30.5 Å². The maximum Gasteiger partial charge on any atom is 0.240 e. The Bertz CT molecular complexity index is 1070. The van der Waals surface area contributed by atoms with Crippen molar-refractivity contribution in [3.8, 4) is 11.5 Å². The molecule has 3 aromatic rings. The van der Waals surface area contributed by atoms with Gasteiger partial charge in [0.05, 0.1) is 11.8 Å². The van der Waals surface area contributed by atoms with E-state index in [1.165, 1.54) is 18.0 Å². The molecule has 1 atom stereocenters. The summed E-state index contributed by atoms with van der Waals surface area (Å²) in [5.74, 6) is -0.00808. The van der Waals surface area contributed by atoms with E-state index in [4.69, 9.17) is 16.3 Å². The van der Waals surface area contributed by atoms with Gasteiger partial charge in [0.2, 0.25) is 5.91 Å². The minimum absolute atomic E-state index is 0.108. The second kappa shape index (κ2) is 8.05. The fourth-order valence-corrected chi connectivity index (χ4v) is 3.42. The van der Waals surface area contributed by atoms with Crippen molar-refractivity contribution in [3.05, 3.63) is 94.8 Å². The van der Waals surface area contributed by atoms with E-state index in [0.29, 0.717) is 17.2 Å². The van der Waals surface area contributed by atoms with E-state index < -0.39 is 5.82 Å². The number of carbonyl (C=O) groups excluding carboxylic acids is 1. The Labute approximate surface area is 173 Å². The van der Waals surface area contributed by atoms with Crippen molar-refractivity contribution >= 4 is 23.2 Å². The fraction of sp³-hybridized carbons (Fsp3) is 0.130. The van der Waals surface area contributed by atoms with E-state index in [0.717, 1.165) is 16.8 Å². The second-order valence-corrected chi connectivity index (χ2v) is 7.18. The number of amides is 1. The average molecular weight is 409 g/mol. The van der Waals surface area contributed by atoms with E-state index >= 15 is 0 Å². The van der Waals surface area contributed by atoms with Crippen molar-refractivity contribution in [2.75, 3.05) is 0 Å². The smallest absolute Gasteiger partial charge is 0.240 e. The van der Waals surface area contributed by atoms with Crippen LogP contribution >= 0.6 is 11.6 Å². The molecule has 0 bridgehead atoms. The normalized spacial score (nSPS) is 15.9. The van der Waals surface area contributed by atoms with E-state index in [1.807, 2.05) is 30.3 Å². The van der Waals surface area contributed by atoms with E-state index in [1.54, 1.807) is 36.4 Å². The summed E-state index contributed by atoms with van der Waals surface area (Å²) in [6, 6.07) is 20.6. The van der Waals surface area contributed by atoms with Crippen molar-refractivity contribution in [2.24, 2.45) is 5.10 Å². The maximum absolute atomic E-state index is 14.3. The molecule has 0 spiro atoms. The molecule has 0 aliphatic carbocycles. The van der Waals surface area contributed by atoms with Gasteiger partial charge in [0.1, 0.15) is 5.75 Å². The van der Waals surface area contributed by atoms with Crippen molar-refractivity contribution in [1.29, 1.82) is 0 Å². The van der Waals surface area contributed by atoms with Gasteiger partial charge in [-0.2, -0.15) is 5.10 Å². The van der Waals surface area contributed by atoms with Gasteiger partial charge in [0.15, 0.2) is 11.6 Å². The molecular formula is C23H18ClFN2O2. The summed E-state index contributed by atoms with van der Waals surface area (Å²) >= 11 is 5.97. The number of hydrogen-bond donors (Lipinski definition) is 0. The Hall–Kier alpha value is -3.18. The van der Waals surface area contributed by atoms with Gasteiger partial charge in [0.25, 0.3) is 0 Å². The zero-order valence-electron chi connectivity index (χ0n) is 15.7. The van der Waals surface area contributed by atoms with Crippen molar-refractivity contribution in [3.63, 3.8) is 0 Å². The highest BCUT2D eigenvalue weighted by Gasteiger charge is 2.32. The lowest BCUT2D eigenvalue weighted by atomic mass is 9.98. The van der Waals surface area contributed by atoms with Gasteiger partial charge in [-0.25, -0.2) is 9.40 Å². The van der Waals surface area contributed by atoms with Gasteiger partial charge in [-0.1, -0.05) is 48.0 Å². The quantitative estimate of drug-likeness (QED) is 0.533. The van der Waals surface area contributed by atoms with Crippen LogP contribution in [0, 0.1) is 5.82 Å². The predicted molar refractivity (Wildman–Crippen MR) is 111 cm³/mol. The first-order chi connectivity index (χ1) is 14.0. The number of nitrogens with zero attached hydrogens (tertiary/aromatic N) is 2. The molecule has 1 aliphatic heterocycles. The molecule has 1 heterocycles. The lowest BCUT2D eigenvalue weighted by Crippen LogP contribution is -2.24. The summed E-state index contributed by atoms with van der Waals surface area (Å²) < 4.78 is 20.0. The first kappa shape index (κ1) is 19.2. The van der Waals surface area contributed by atoms with Gasteiger partial charge < -0.3 is 4.74 Å².